The van der Waals surface area contributed by atoms with Gasteiger partial charge in [0, 0.05) is 16.1 Å². The smallest absolute Gasteiger partial charge is 0.272 e. The molecule has 0 saturated heterocycles. The van der Waals surface area contributed by atoms with Gasteiger partial charge in [-0.25, -0.2) is 0 Å². The lowest BCUT2D eigenvalue weighted by molar-refractivity contribution is -0.115. The van der Waals surface area contributed by atoms with Gasteiger partial charge in [0.2, 0.25) is 5.91 Å². The molecule has 0 fully saturated rings. The van der Waals surface area contributed by atoms with Crippen molar-refractivity contribution in [2.75, 3.05) is 10.6 Å². The highest BCUT2D eigenvalue weighted by molar-refractivity contribution is 8.00. The van der Waals surface area contributed by atoms with E-state index in [1.54, 1.807) is 97.9 Å². The van der Waals surface area contributed by atoms with Crippen LogP contribution in [0, 0.1) is 0 Å². The molecule has 1 unspecified atom stereocenters. The number of benzene rings is 4. The van der Waals surface area contributed by atoms with Crippen LogP contribution in [0.2, 0.25) is 10.0 Å². The van der Waals surface area contributed by atoms with Crippen molar-refractivity contribution in [1.82, 2.24) is 5.32 Å². The summed E-state index contributed by atoms with van der Waals surface area (Å²) in [4.78, 5) is 51.6. The van der Waals surface area contributed by atoms with Crippen molar-refractivity contribution >= 4 is 76.0 Å². The Kier molecular flexibility index (Phi) is 10.6. The highest BCUT2D eigenvalue weighted by Crippen LogP contribution is 2.29. The van der Waals surface area contributed by atoms with Gasteiger partial charge in [-0.2, -0.15) is 0 Å². The first kappa shape index (κ1) is 31.4. The van der Waals surface area contributed by atoms with Crippen molar-refractivity contribution in [3.8, 4) is 0 Å². The number of halogens is 2. The van der Waals surface area contributed by atoms with E-state index in [1.807, 2.05) is 0 Å². The highest BCUT2D eigenvalue weighted by Gasteiger charge is 2.19. The first-order valence-corrected chi connectivity index (χ1v) is 14.6. The lowest BCUT2D eigenvalue weighted by Crippen LogP contribution is -2.30. The summed E-state index contributed by atoms with van der Waals surface area (Å²) in [5.41, 5.74) is 7.12. The van der Waals surface area contributed by atoms with Gasteiger partial charge in [-0.1, -0.05) is 71.7 Å². The van der Waals surface area contributed by atoms with Crippen LogP contribution in [0.4, 0.5) is 11.4 Å². The average Bonchev–Trinajstić information content (AvgIpc) is 2.99. The molecule has 0 radical (unpaired) electrons. The minimum Gasteiger partial charge on any atom is -0.366 e. The van der Waals surface area contributed by atoms with E-state index in [-0.39, 0.29) is 22.2 Å². The second-order valence-corrected chi connectivity index (χ2v) is 11.4. The SMILES string of the molecule is CC(Sc1cccc(NC(=O)/C(=C\c2cccc(Cl)c2Cl)NC(=O)c2ccccc2)c1)C(=O)Nc1ccccc1C(N)=O. The Morgan fingerprint density at radius 2 is 1.53 bits per heavy atom. The van der Waals surface area contributed by atoms with Crippen LogP contribution in [0.1, 0.15) is 33.2 Å². The van der Waals surface area contributed by atoms with E-state index < -0.39 is 23.0 Å². The molecular formula is C32H26Cl2N4O4S. The lowest BCUT2D eigenvalue weighted by Gasteiger charge is -2.15. The number of primary amides is 1. The van der Waals surface area contributed by atoms with Gasteiger partial charge in [-0.15, -0.1) is 11.8 Å². The van der Waals surface area contributed by atoms with Gasteiger partial charge in [0.15, 0.2) is 0 Å². The highest BCUT2D eigenvalue weighted by atomic mass is 35.5. The maximum absolute atomic E-state index is 13.4. The number of carbonyl (C=O) groups is 4. The molecule has 4 aromatic carbocycles. The van der Waals surface area contributed by atoms with Crippen LogP contribution in [0.5, 0.6) is 0 Å². The molecule has 218 valence electrons. The molecule has 0 aliphatic heterocycles. The summed E-state index contributed by atoms with van der Waals surface area (Å²) >= 11 is 13.8. The molecule has 0 bridgehead atoms. The second-order valence-electron chi connectivity index (χ2n) is 9.16. The quantitative estimate of drug-likeness (QED) is 0.115. The molecule has 0 saturated carbocycles. The monoisotopic (exact) mass is 632 g/mol. The Morgan fingerprint density at radius 1 is 0.837 bits per heavy atom. The van der Waals surface area contributed by atoms with E-state index in [0.717, 1.165) is 0 Å². The molecule has 0 aliphatic carbocycles. The van der Waals surface area contributed by atoms with E-state index in [0.29, 0.717) is 32.4 Å². The summed E-state index contributed by atoms with van der Waals surface area (Å²) in [7, 11) is 0. The Morgan fingerprint density at radius 3 is 2.28 bits per heavy atom. The molecule has 1 atom stereocenters. The van der Waals surface area contributed by atoms with Crippen molar-refractivity contribution in [3.05, 3.63) is 129 Å². The zero-order valence-electron chi connectivity index (χ0n) is 22.8. The number of rotatable bonds is 10. The number of para-hydroxylation sites is 1. The minimum atomic E-state index is -0.648. The number of carbonyl (C=O) groups excluding carboxylic acids is 4. The van der Waals surface area contributed by atoms with E-state index >= 15 is 0 Å². The van der Waals surface area contributed by atoms with Gasteiger partial charge >= 0.3 is 0 Å². The van der Waals surface area contributed by atoms with Gasteiger partial charge < -0.3 is 21.7 Å². The number of hydrogen-bond acceptors (Lipinski definition) is 5. The summed E-state index contributed by atoms with van der Waals surface area (Å²) in [5.74, 6) is -2.07. The summed E-state index contributed by atoms with van der Waals surface area (Å²) in [6.07, 6.45) is 1.44. The van der Waals surface area contributed by atoms with Crippen molar-refractivity contribution < 1.29 is 19.2 Å². The van der Waals surface area contributed by atoms with E-state index in [4.69, 9.17) is 28.9 Å². The Labute approximate surface area is 262 Å². The summed E-state index contributed by atoms with van der Waals surface area (Å²) in [5, 5.41) is 8.16. The second kappa shape index (κ2) is 14.6. The third-order valence-electron chi connectivity index (χ3n) is 6.03. The minimum absolute atomic E-state index is 0.0584. The van der Waals surface area contributed by atoms with Crippen LogP contribution >= 0.6 is 35.0 Å². The number of amides is 4. The Hall–Kier alpha value is -4.57. The van der Waals surface area contributed by atoms with Gasteiger partial charge in [-0.05, 0) is 67.1 Å². The third kappa shape index (κ3) is 8.48. The largest absolute Gasteiger partial charge is 0.366 e. The van der Waals surface area contributed by atoms with Crippen molar-refractivity contribution in [3.63, 3.8) is 0 Å². The number of thioether (sulfide) groups is 1. The molecule has 0 aromatic heterocycles. The fraction of sp³-hybridized carbons (Fsp3) is 0.0625. The maximum Gasteiger partial charge on any atom is 0.272 e. The van der Waals surface area contributed by atoms with Crippen molar-refractivity contribution in [1.29, 1.82) is 0 Å². The third-order valence-corrected chi connectivity index (χ3v) is 7.96. The van der Waals surface area contributed by atoms with Crippen LogP contribution in [-0.4, -0.2) is 28.9 Å². The standard InChI is InChI=1S/C32H26Cl2N4O4S/c1-19(30(40)37-26-16-6-5-14-24(26)29(35)39)43-23-13-8-12-22(18-23)36-32(42)27(17-21-11-7-15-25(33)28(21)34)38-31(41)20-9-3-2-4-10-20/h2-19H,1H3,(H2,35,39)(H,36,42)(H,37,40)(H,38,41)/b27-17+. The number of anilines is 2. The normalized spacial score (nSPS) is 11.7. The number of nitrogens with two attached hydrogens (primary N) is 1. The van der Waals surface area contributed by atoms with Gasteiger partial charge in [0.05, 0.1) is 26.5 Å². The summed E-state index contributed by atoms with van der Waals surface area (Å²) in [6, 6.07) is 26.8. The average molecular weight is 634 g/mol. The molecule has 4 amide bonds. The van der Waals surface area contributed by atoms with Crippen LogP contribution < -0.4 is 21.7 Å². The van der Waals surface area contributed by atoms with Gasteiger partial charge in [0.25, 0.3) is 17.7 Å². The first-order valence-electron chi connectivity index (χ1n) is 12.9. The van der Waals surface area contributed by atoms with Crippen LogP contribution in [0.25, 0.3) is 6.08 Å². The molecule has 43 heavy (non-hydrogen) atoms. The zero-order valence-corrected chi connectivity index (χ0v) is 25.1. The van der Waals surface area contributed by atoms with Gasteiger partial charge in [-0.3, -0.25) is 19.2 Å². The lowest BCUT2D eigenvalue weighted by atomic mass is 10.1. The number of hydrogen-bond donors (Lipinski definition) is 4. The fourth-order valence-electron chi connectivity index (χ4n) is 3.87. The van der Waals surface area contributed by atoms with Gasteiger partial charge in [0.1, 0.15) is 5.70 Å². The van der Waals surface area contributed by atoms with E-state index in [2.05, 4.69) is 16.0 Å². The number of nitrogens with one attached hydrogen (secondary N) is 3. The van der Waals surface area contributed by atoms with E-state index in [9.17, 15) is 19.2 Å². The molecule has 0 heterocycles. The molecular weight excluding hydrogens is 607 g/mol. The molecule has 0 aliphatic rings. The van der Waals surface area contributed by atoms with Crippen molar-refractivity contribution in [2.45, 2.75) is 17.1 Å². The molecule has 4 aromatic rings. The van der Waals surface area contributed by atoms with Crippen molar-refractivity contribution in [2.24, 2.45) is 5.73 Å². The topological polar surface area (TPSA) is 130 Å². The predicted octanol–water partition coefficient (Wildman–Crippen LogP) is 6.62. The molecule has 5 N–H and O–H groups in total. The van der Waals surface area contributed by atoms with Crippen LogP contribution in [0.3, 0.4) is 0 Å². The molecule has 8 nitrogen and oxygen atoms in total. The molecule has 4 rings (SSSR count). The summed E-state index contributed by atoms with van der Waals surface area (Å²) < 4.78 is 0. The zero-order chi connectivity index (χ0) is 30.9. The predicted molar refractivity (Wildman–Crippen MR) is 172 cm³/mol. The van der Waals surface area contributed by atoms with Crippen LogP contribution in [0.15, 0.2) is 108 Å². The Bertz CT molecular complexity index is 1710. The maximum atomic E-state index is 13.4. The Balaban J connectivity index is 1.51. The van der Waals surface area contributed by atoms with E-state index in [1.165, 1.54) is 23.9 Å². The fourth-order valence-corrected chi connectivity index (χ4v) is 5.16. The first-order chi connectivity index (χ1) is 20.6. The molecule has 11 heteroatoms. The van der Waals surface area contributed by atoms with Crippen LogP contribution in [-0.2, 0) is 9.59 Å². The molecule has 0 spiro atoms. The summed E-state index contributed by atoms with van der Waals surface area (Å²) in [6.45, 7) is 1.72.